The predicted molar refractivity (Wildman–Crippen MR) is 85.8 cm³/mol. The summed E-state index contributed by atoms with van der Waals surface area (Å²) in [7, 11) is 1.71. The van der Waals surface area contributed by atoms with E-state index in [0.29, 0.717) is 6.61 Å². The Labute approximate surface area is 130 Å². The lowest BCUT2D eigenvalue weighted by atomic mass is 10.0. The van der Waals surface area contributed by atoms with Gasteiger partial charge in [-0.15, -0.1) is 0 Å². The van der Waals surface area contributed by atoms with Crippen LogP contribution < -0.4 is 5.32 Å². The Morgan fingerprint density at radius 3 is 2.52 bits per heavy atom. The van der Waals surface area contributed by atoms with Crippen LogP contribution >= 0.6 is 11.6 Å². The monoisotopic (exact) mass is 305 g/mol. The van der Waals surface area contributed by atoms with Crippen molar-refractivity contribution >= 4 is 17.4 Å². The van der Waals surface area contributed by atoms with Crippen LogP contribution in [0.25, 0.3) is 0 Å². The van der Waals surface area contributed by atoms with E-state index in [-0.39, 0.29) is 6.04 Å². The van der Waals surface area contributed by atoms with Gasteiger partial charge in [-0.1, -0.05) is 23.7 Å². The number of aryl methyl sites for hydroxylation is 2. The summed E-state index contributed by atoms with van der Waals surface area (Å²) in [6.07, 6.45) is 0.847. The van der Waals surface area contributed by atoms with Crippen molar-refractivity contribution < 1.29 is 4.74 Å². The van der Waals surface area contributed by atoms with Gasteiger partial charge in [0.1, 0.15) is 11.6 Å². The zero-order chi connectivity index (χ0) is 15.2. The van der Waals surface area contributed by atoms with E-state index in [2.05, 4.69) is 15.3 Å². The topological polar surface area (TPSA) is 47.0 Å². The van der Waals surface area contributed by atoms with Gasteiger partial charge in [0, 0.05) is 30.5 Å². The summed E-state index contributed by atoms with van der Waals surface area (Å²) in [5, 5.41) is 4.19. The van der Waals surface area contributed by atoms with Crippen molar-refractivity contribution in [2.75, 3.05) is 19.0 Å². The molecule has 1 atom stereocenters. The quantitative estimate of drug-likeness (QED) is 0.878. The molecule has 0 bridgehead atoms. The smallest absolute Gasteiger partial charge is 0.130 e. The van der Waals surface area contributed by atoms with Crippen LogP contribution in [0.3, 0.4) is 0 Å². The van der Waals surface area contributed by atoms with Gasteiger partial charge in [-0.2, -0.15) is 0 Å². The van der Waals surface area contributed by atoms with Crippen molar-refractivity contribution in [3.8, 4) is 0 Å². The SMILES string of the molecule is COCCC(Nc1cc(C)nc(C)n1)c1ccc(Cl)cc1. The molecule has 2 aromatic rings. The molecule has 0 amide bonds. The Bertz CT molecular complexity index is 566. The van der Waals surface area contributed by atoms with Crippen LogP contribution in [0.4, 0.5) is 5.82 Å². The fourth-order valence-electron chi connectivity index (χ4n) is 2.22. The highest BCUT2D eigenvalue weighted by molar-refractivity contribution is 6.30. The molecular weight excluding hydrogens is 286 g/mol. The van der Waals surface area contributed by atoms with Crippen LogP contribution in [0.5, 0.6) is 0 Å². The largest absolute Gasteiger partial charge is 0.385 e. The van der Waals surface area contributed by atoms with E-state index in [4.69, 9.17) is 16.3 Å². The molecule has 0 spiro atoms. The van der Waals surface area contributed by atoms with Crippen LogP contribution in [-0.2, 0) is 4.74 Å². The second-order valence-corrected chi connectivity index (χ2v) is 5.41. The maximum atomic E-state index is 5.96. The number of methoxy groups -OCH3 is 1. The van der Waals surface area contributed by atoms with E-state index in [1.807, 2.05) is 44.2 Å². The van der Waals surface area contributed by atoms with Crippen molar-refractivity contribution in [3.63, 3.8) is 0 Å². The zero-order valence-corrected chi connectivity index (χ0v) is 13.3. The minimum absolute atomic E-state index is 0.121. The average molecular weight is 306 g/mol. The third-order valence-electron chi connectivity index (χ3n) is 3.17. The molecule has 0 fully saturated rings. The summed E-state index contributed by atoms with van der Waals surface area (Å²) in [6.45, 7) is 4.53. The summed E-state index contributed by atoms with van der Waals surface area (Å²) in [5.74, 6) is 1.59. The Balaban J connectivity index is 2.21. The standard InChI is InChI=1S/C16H20ClN3O/c1-11-10-16(19-12(2)18-11)20-15(8-9-21-3)13-4-6-14(17)7-5-13/h4-7,10,15H,8-9H2,1-3H3,(H,18,19,20). The number of ether oxygens (including phenoxy) is 1. The van der Waals surface area contributed by atoms with Crippen molar-refractivity contribution in [3.05, 3.63) is 52.4 Å². The van der Waals surface area contributed by atoms with Crippen molar-refractivity contribution in [2.45, 2.75) is 26.3 Å². The van der Waals surface area contributed by atoms with Gasteiger partial charge in [-0.05, 0) is 38.0 Å². The highest BCUT2D eigenvalue weighted by Crippen LogP contribution is 2.23. The number of nitrogens with zero attached hydrogens (tertiary/aromatic N) is 2. The van der Waals surface area contributed by atoms with Gasteiger partial charge in [0.05, 0.1) is 6.04 Å². The Kier molecular flexibility index (Phi) is 5.53. The normalized spacial score (nSPS) is 12.2. The maximum absolute atomic E-state index is 5.96. The Hall–Kier alpha value is -1.65. The average Bonchev–Trinajstić information content (AvgIpc) is 2.43. The molecule has 0 saturated carbocycles. The van der Waals surface area contributed by atoms with Crippen LogP contribution in [-0.4, -0.2) is 23.7 Å². The number of benzene rings is 1. The third-order valence-corrected chi connectivity index (χ3v) is 3.42. The van der Waals surface area contributed by atoms with Crippen LogP contribution in [0.15, 0.2) is 30.3 Å². The second-order valence-electron chi connectivity index (χ2n) is 4.97. The fourth-order valence-corrected chi connectivity index (χ4v) is 2.35. The minimum atomic E-state index is 0.121. The molecule has 21 heavy (non-hydrogen) atoms. The summed E-state index contributed by atoms with van der Waals surface area (Å²) in [6, 6.07) is 9.91. The summed E-state index contributed by atoms with van der Waals surface area (Å²) < 4.78 is 5.20. The number of aromatic nitrogens is 2. The number of halogens is 1. The number of rotatable bonds is 6. The maximum Gasteiger partial charge on any atom is 0.130 e. The van der Waals surface area contributed by atoms with Crippen molar-refractivity contribution in [1.29, 1.82) is 0 Å². The first-order valence-electron chi connectivity index (χ1n) is 6.91. The first-order chi connectivity index (χ1) is 10.1. The Morgan fingerprint density at radius 1 is 1.19 bits per heavy atom. The highest BCUT2D eigenvalue weighted by Gasteiger charge is 2.12. The summed E-state index contributed by atoms with van der Waals surface area (Å²) in [5.41, 5.74) is 2.11. The van der Waals surface area contributed by atoms with E-state index in [9.17, 15) is 0 Å². The highest BCUT2D eigenvalue weighted by atomic mass is 35.5. The number of nitrogens with one attached hydrogen (secondary N) is 1. The molecule has 1 aromatic heterocycles. The van der Waals surface area contributed by atoms with Gasteiger partial charge in [0.25, 0.3) is 0 Å². The molecule has 0 aliphatic carbocycles. The lowest BCUT2D eigenvalue weighted by Crippen LogP contribution is -2.14. The minimum Gasteiger partial charge on any atom is -0.385 e. The molecule has 2 rings (SSSR count). The van der Waals surface area contributed by atoms with Crippen LogP contribution in [0.2, 0.25) is 5.02 Å². The molecule has 1 unspecified atom stereocenters. The van der Waals surface area contributed by atoms with E-state index < -0.39 is 0 Å². The summed E-state index contributed by atoms with van der Waals surface area (Å²) in [4.78, 5) is 8.73. The third kappa shape index (κ3) is 4.69. The number of hydrogen-bond acceptors (Lipinski definition) is 4. The molecule has 112 valence electrons. The van der Waals surface area contributed by atoms with E-state index in [0.717, 1.165) is 34.3 Å². The molecule has 0 aliphatic heterocycles. The van der Waals surface area contributed by atoms with Crippen LogP contribution in [0.1, 0.15) is 29.5 Å². The number of anilines is 1. The molecule has 0 aliphatic rings. The van der Waals surface area contributed by atoms with Crippen molar-refractivity contribution in [1.82, 2.24) is 9.97 Å². The molecule has 1 heterocycles. The molecule has 4 nitrogen and oxygen atoms in total. The van der Waals surface area contributed by atoms with E-state index in [1.165, 1.54) is 0 Å². The lowest BCUT2D eigenvalue weighted by Gasteiger charge is -2.20. The fraction of sp³-hybridized carbons (Fsp3) is 0.375. The van der Waals surface area contributed by atoms with E-state index in [1.54, 1.807) is 7.11 Å². The van der Waals surface area contributed by atoms with Gasteiger partial charge in [0.15, 0.2) is 0 Å². The lowest BCUT2D eigenvalue weighted by molar-refractivity contribution is 0.190. The molecule has 5 heteroatoms. The van der Waals surface area contributed by atoms with Gasteiger partial charge in [-0.25, -0.2) is 9.97 Å². The molecule has 0 saturated heterocycles. The molecular formula is C16H20ClN3O. The summed E-state index contributed by atoms with van der Waals surface area (Å²) >= 11 is 5.96. The van der Waals surface area contributed by atoms with Crippen molar-refractivity contribution in [2.24, 2.45) is 0 Å². The molecule has 1 aromatic carbocycles. The Morgan fingerprint density at radius 2 is 1.90 bits per heavy atom. The molecule has 0 radical (unpaired) electrons. The van der Waals surface area contributed by atoms with Crippen LogP contribution in [0, 0.1) is 13.8 Å². The first kappa shape index (κ1) is 15.7. The van der Waals surface area contributed by atoms with Gasteiger partial charge >= 0.3 is 0 Å². The van der Waals surface area contributed by atoms with E-state index >= 15 is 0 Å². The zero-order valence-electron chi connectivity index (χ0n) is 12.6. The number of hydrogen-bond donors (Lipinski definition) is 1. The predicted octanol–water partition coefficient (Wildman–Crippen LogP) is 3.94. The second kappa shape index (κ2) is 7.38. The van der Waals surface area contributed by atoms with Gasteiger partial charge in [-0.3, -0.25) is 0 Å². The van der Waals surface area contributed by atoms with Gasteiger partial charge < -0.3 is 10.1 Å². The first-order valence-corrected chi connectivity index (χ1v) is 7.29. The molecule has 1 N–H and O–H groups in total. The van der Waals surface area contributed by atoms with Gasteiger partial charge in [0.2, 0.25) is 0 Å².